The Morgan fingerprint density at radius 2 is 2.22 bits per heavy atom. The zero-order valence-corrected chi connectivity index (χ0v) is 10.1. The molecule has 0 saturated heterocycles. The van der Waals surface area contributed by atoms with Gasteiger partial charge in [-0.25, -0.2) is 0 Å². The van der Waals surface area contributed by atoms with Gasteiger partial charge in [-0.3, -0.25) is 9.59 Å². The lowest BCUT2D eigenvalue weighted by Gasteiger charge is -2.16. The normalized spacial score (nSPS) is 23.3. The van der Waals surface area contributed by atoms with Gasteiger partial charge >= 0.3 is 0 Å². The predicted octanol–water partition coefficient (Wildman–Crippen LogP) is 0.844. The molecule has 0 bridgehead atoms. The summed E-state index contributed by atoms with van der Waals surface area (Å²) in [5.41, 5.74) is 0. The SMILES string of the molecule is O=C1C=C(OCCO)C(=O)C1(Cl)Cc1ccco1. The van der Waals surface area contributed by atoms with Crippen molar-refractivity contribution in [2.75, 3.05) is 13.2 Å². The average molecular weight is 271 g/mol. The van der Waals surface area contributed by atoms with Gasteiger partial charge in [0.05, 0.1) is 12.9 Å². The number of ether oxygens (including phenoxy) is 1. The summed E-state index contributed by atoms with van der Waals surface area (Å²) in [6, 6.07) is 3.29. The van der Waals surface area contributed by atoms with E-state index < -0.39 is 16.4 Å². The number of allylic oxidation sites excluding steroid dienone is 2. The highest BCUT2D eigenvalue weighted by molar-refractivity contribution is 6.53. The van der Waals surface area contributed by atoms with Crippen molar-refractivity contribution in [3.8, 4) is 0 Å². The largest absolute Gasteiger partial charge is 0.487 e. The summed E-state index contributed by atoms with van der Waals surface area (Å²) in [4.78, 5) is 22.1. The van der Waals surface area contributed by atoms with Crippen molar-refractivity contribution in [3.05, 3.63) is 36.0 Å². The number of carbonyl (C=O) groups excluding carboxylic acids is 2. The standard InChI is InChI=1S/C12H11ClO5/c13-12(7-8-2-1-4-17-8)10(15)6-9(11(12)16)18-5-3-14/h1-2,4,6,14H,3,5,7H2. The number of alkyl halides is 1. The molecule has 5 nitrogen and oxygen atoms in total. The average Bonchev–Trinajstić information content (AvgIpc) is 2.91. The fourth-order valence-electron chi connectivity index (χ4n) is 1.69. The number of halogens is 1. The monoisotopic (exact) mass is 270 g/mol. The minimum atomic E-state index is -1.69. The Kier molecular flexibility index (Phi) is 3.54. The molecule has 1 unspecified atom stereocenters. The Bertz CT molecular complexity index is 491. The van der Waals surface area contributed by atoms with Crippen LogP contribution >= 0.6 is 11.6 Å². The van der Waals surface area contributed by atoms with Crippen LogP contribution in [0.25, 0.3) is 0 Å². The third-order valence-corrected chi connectivity index (χ3v) is 3.07. The number of carbonyl (C=O) groups is 2. The molecule has 1 atom stereocenters. The molecule has 0 spiro atoms. The molecule has 96 valence electrons. The number of furan rings is 1. The molecule has 0 amide bonds. The first-order valence-corrected chi connectivity index (χ1v) is 5.71. The van der Waals surface area contributed by atoms with Crippen LogP contribution in [0.2, 0.25) is 0 Å². The van der Waals surface area contributed by atoms with E-state index in [2.05, 4.69) is 0 Å². The fourth-order valence-corrected chi connectivity index (χ4v) is 1.97. The van der Waals surface area contributed by atoms with Crippen molar-refractivity contribution in [2.45, 2.75) is 11.3 Å². The molecule has 1 aromatic rings. The van der Waals surface area contributed by atoms with Crippen molar-refractivity contribution in [3.63, 3.8) is 0 Å². The summed E-state index contributed by atoms with van der Waals surface area (Å²) in [7, 11) is 0. The van der Waals surface area contributed by atoms with Gasteiger partial charge in [-0.15, -0.1) is 11.6 Å². The highest BCUT2D eigenvalue weighted by atomic mass is 35.5. The zero-order valence-electron chi connectivity index (χ0n) is 9.39. The third-order valence-electron chi connectivity index (χ3n) is 2.58. The van der Waals surface area contributed by atoms with E-state index in [0.29, 0.717) is 5.76 Å². The molecular formula is C12H11ClO5. The topological polar surface area (TPSA) is 76.7 Å². The van der Waals surface area contributed by atoms with E-state index >= 15 is 0 Å². The molecular weight excluding hydrogens is 260 g/mol. The Morgan fingerprint density at radius 3 is 2.83 bits per heavy atom. The first kappa shape index (κ1) is 12.9. The Morgan fingerprint density at radius 1 is 1.44 bits per heavy atom. The minimum Gasteiger partial charge on any atom is -0.487 e. The summed E-state index contributed by atoms with van der Waals surface area (Å²) < 4.78 is 10.1. The summed E-state index contributed by atoms with van der Waals surface area (Å²) in [6.07, 6.45) is 2.48. The Labute approximate surface area is 108 Å². The number of hydrogen-bond acceptors (Lipinski definition) is 5. The van der Waals surface area contributed by atoms with Gasteiger partial charge in [-0.1, -0.05) is 0 Å². The second-order valence-electron chi connectivity index (χ2n) is 3.83. The zero-order chi connectivity index (χ0) is 13.2. The molecule has 1 N–H and O–H groups in total. The first-order valence-electron chi connectivity index (χ1n) is 5.34. The van der Waals surface area contributed by atoms with Crippen LogP contribution in [0, 0.1) is 0 Å². The molecule has 0 fully saturated rings. The highest BCUT2D eigenvalue weighted by Crippen LogP contribution is 2.33. The van der Waals surface area contributed by atoms with E-state index in [4.69, 9.17) is 25.9 Å². The lowest BCUT2D eigenvalue weighted by atomic mass is 9.98. The summed E-state index contributed by atoms with van der Waals surface area (Å²) in [5, 5.41) is 8.62. The molecule has 0 saturated carbocycles. The van der Waals surface area contributed by atoms with E-state index in [0.717, 1.165) is 6.08 Å². The molecule has 2 rings (SSSR count). The van der Waals surface area contributed by atoms with Gasteiger partial charge in [0, 0.05) is 12.5 Å². The quantitative estimate of drug-likeness (QED) is 0.634. The lowest BCUT2D eigenvalue weighted by Crippen LogP contribution is -2.38. The van der Waals surface area contributed by atoms with Crippen LogP contribution in [-0.4, -0.2) is 34.8 Å². The molecule has 1 heterocycles. The molecule has 0 radical (unpaired) electrons. The maximum atomic E-state index is 12.0. The van der Waals surface area contributed by atoms with Crippen molar-refractivity contribution in [1.82, 2.24) is 0 Å². The van der Waals surface area contributed by atoms with E-state index in [-0.39, 0.29) is 25.4 Å². The molecule has 1 aliphatic carbocycles. The molecule has 0 aliphatic heterocycles. The van der Waals surface area contributed by atoms with E-state index in [1.807, 2.05) is 0 Å². The second kappa shape index (κ2) is 4.96. The minimum absolute atomic E-state index is 0.0261. The summed E-state index contributed by atoms with van der Waals surface area (Å²) in [5.74, 6) is -0.795. The maximum absolute atomic E-state index is 12.0. The fraction of sp³-hybridized carbons (Fsp3) is 0.333. The smallest absolute Gasteiger partial charge is 0.226 e. The highest BCUT2D eigenvalue weighted by Gasteiger charge is 2.50. The number of Topliss-reactive ketones (excluding diaryl/α,β-unsaturated/α-hetero) is 1. The van der Waals surface area contributed by atoms with Gasteiger partial charge in [0.15, 0.2) is 16.4 Å². The summed E-state index contributed by atoms with van der Waals surface area (Å²) >= 11 is 6.08. The Balaban J connectivity index is 2.15. The van der Waals surface area contributed by atoms with Gasteiger partial charge in [0.25, 0.3) is 0 Å². The molecule has 6 heteroatoms. The van der Waals surface area contributed by atoms with E-state index in [1.165, 1.54) is 6.26 Å². The van der Waals surface area contributed by atoms with Crippen LogP contribution < -0.4 is 0 Å². The van der Waals surface area contributed by atoms with Crippen molar-refractivity contribution >= 4 is 23.2 Å². The van der Waals surface area contributed by atoms with Crippen LogP contribution in [0.15, 0.2) is 34.6 Å². The van der Waals surface area contributed by atoms with E-state index in [9.17, 15) is 9.59 Å². The third kappa shape index (κ3) is 2.19. The lowest BCUT2D eigenvalue weighted by molar-refractivity contribution is -0.126. The van der Waals surface area contributed by atoms with Crippen molar-refractivity contribution in [2.24, 2.45) is 0 Å². The molecule has 0 aromatic carbocycles. The number of hydrogen-bond donors (Lipinski definition) is 1. The van der Waals surface area contributed by atoms with Crippen LogP contribution in [0.5, 0.6) is 0 Å². The first-order chi connectivity index (χ1) is 8.58. The van der Waals surface area contributed by atoms with E-state index in [1.54, 1.807) is 12.1 Å². The Hall–Kier alpha value is -1.59. The predicted molar refractivity (Wildman–Crippen MR) is 62.1 cm³/mol. The van der Waals surface area contributed by atoms with Crippen LogP contribution in [0.1, 0.15) is 5.76 Å². The number of aliphatic hydroxyl groups excluding tert-OH is 1. The molecule has 1 aromatic heterocycles. The van der Waals surface area contributed by atoms with Gasteiger partial charge in [0.1, 0.15) is 12.4 Å². The van der Waals surface area contributed by atoms with Crippen molar-refractivity contribution in [1.29, 1.82) is 0 Å². The van der Waals surface area contributed by atoms with Crippen LogP contribution in [0.4, 0.5) is 0 Å². The second-order valence-corrected chi connectivity index (χ2v) is 4.48. The summed E-state index contributed by atoms with van der Waals surface area (Å²) in [6.45, 7) is -0.301. The van der Waals surface area contributed by atoms with Gasteiger partial charge in [0.2, 0.25) is 5.78 Å². The van der Waals surface area contributed by atoms with Gasteiger partial charge < -0.3 is 14.3 Å². The maximum Gasteiger partial charge on any atom is 0.226 e. The van der Waals surface area contributed by atoms with Crippen LogP contribution in [0.3, 0.4) is 0 Å². The number of ketones is 2. The molecule has 1 aliphatic rings. The number of rotatable bonds is 5. The van der Waals surface area contributed by atoms with Crippen molar-refractivity contribution < 1.29 is 23.8 Å². The van der Waals surface area contributed by atoms with Crippen LogP contribution in [-0.2, 0) is 20.7 Å². The molecule has 18 heavy (non-hydrogen) atoms. The van der Waals surface area contributed by atoms with Gasteiger partial charge in [-0.05, 0) is 12.1 Å². The van der Waals surface area contributed by atoms with Gasteiger partial charge in [-0.2, -0.15) is 0 Å². The number of aliphatic hydroxyl groups is 1.